The van der Waals surface area contributed by atoms with Gasteiger partial charge in [-0.2, -0.15) is 0 Å². The summed E-state index contributed by atoms with van der Waals surface area (Å²) in [5.74, 6) is 0.651. The number of furan rings is 1. The van der Waals surface area contributed by atoms with Gasteiger partial charge in [0, 0.05) is 35.2 Å². The Kier molecular flexibility index (Phi) is 7.12. The number of hydrogen-bond donors (Lipinski definition) is 1. The number of rotatable bonds is 9. The van der Waals surface area contributed by atoms with E-state index in [-0.39, 0.29) is 5.91 Å². The van der Waals surface area contributed by atoms with Crippen molar-refractivity contribution in [1.82, 2.24) is 5.32 Å². The SMILES string of the molecule is CCCCCNC(=O)/C=C(\C)c1cc2c(-c3ccccc3)coc2cc1OCC. The molecule has 1 aromatic heterocycles. The number of unbranched alkanes of at least 4 members (excludes halogenated alkanes) is 2. The van der Waals surface area contributed by atoms with E-state index in [9.17, 15) is 4.79 Å². The molecule has 0 aliphatic heterocycles. The molecule has 4 heteroatoms. The lowest BCUT2D eigenvalue weighted by atomic mass is 9.99. The Bertz CT molecular complexity index is 986. The molecule has 0 bridgehead atoms. The first kappa shape index (κ1) is 20.7. The van der Waals surface area contributed by atoms with E-state index in [0.29, 0.717) is 13.2 Å². The highest BCUT2D eigenvalue weighted by molar-refractivity contribution is 6.00. The van der Waals surface area contributed by atoms with Crippen molar-refractivity contribution in [3.8, 4) is 16.9 Å². The van der Waals surface area contributed by atoms with Gasteiger partial charge in [-0.25, -0.2) is 0 Å². The van der Waals surface area contributed by atoms with Gasteiger partial charge in [0.05, 0.1) is 12.9 Å². The minimum absolute atomic E-state index is 0.0726. The van der Waals surface area contributed by atoms with Crippen molar-refractivity contribution in [1.29, 1.82) is 0 Å². The summed E-state index contributed by atoms with van der Waals surface area (Å²) >= 11 is 0. The van der Waals surface area contributed by atoms with E-state index in [1.165, 1.54) is 0 Å². The minimum Gasteiger partial charge on any atom is -0.493 e. The normalized spacial score (nSPS) is 11.6. The van der Waals surface area contributed by atoms with Crippen LogP contribution in [-0.4, -0.2) is 19.1 Å². The Morgan fingerprint density at radius 2 is 1.93 bits per heavy atom. The smallest absolute Gasteiger partial charge is 0.244 e. The average molecular weight is 392 g/mol. The first-order valence-electron chi connectivity index (χ1n) is 10.3. The molecule has 0 radical (unpaired) electrons. The number of benzene rings is 2. The molecule has 0 fully saturated rings. The van der Waals surface area contributed by atoms with Gasteiger partial charge in [0.1, 0.15) is 11.3 Å². The van der Waals surface area contributed by atoms with E-state index >= 15 is 0 Å². The van der Waals surface area contributed by atoms with Crippen LogP contribution in [0.5, 0.6) is 5.75 Å². The zero-order chi connectivity index (χ0) is 20.6. The summed E-state index contributed by atoms with van der Waals surface area (Å²) in [4.78, 5) is 12.3. The van der Waals surface area contributed by atoms with Gasteiger partial charge in [-0.15, -0.1) is 0 Å². The molecule has 152 valence electrons. The Morgan fingerprint density at radius 1 is 1.14 bits per heavy atom. The van der Waals surface area contributed by atoms with Crippen molar-refractivity contribution < 1.29 is 13.9 Å². The predicted molar refractivity (Wildman–Crippen MR) is 119 cm³/mol. The fourth-order valence-corrected chi connectivity index (χ4v) is 3.39. The van der Waals surface area contributed by atoms with Crippen molar-refractivity contribution in [2.75, 3.05) is 13.2 Å². The lowest BCUT2D eigenvalue weighted by Gasteiger charge is -2.12. The van der Waals surface area contributed by atoms with Crippen LogP contribution in [0.15, 0.2) is 59.2 Å². The predicted octanol–water partition coefficient (Wildman–Crippen LogP) is 6.21. The number of allylic oxidation sites excluding steroid dienone is 1. The summed E-state index contributed by atoms with van der Waals surface area (Å²) in [5, 5.41) is 3.97. The third kappa shape index (κ3) is 5.08. The van der Waals surface area contributed by atoms with Gasteiger partial charge in [-0.3, -0.25) is 4.79 Å². The topological polar surface area (TPSA) is 51.5 Å². The van der Waals surface area contributed by atoms with Crippen LogP contribution in [-0.2, 0) is 4.79 Å². The number of amides is 1. The van der Waals surface area contributed by atoms with Crippen LogP contribution in [0.4, 0.5) is 0 Å². The highest BCUT2D eigenvalue weighted by Crippen LogP contribution is 2.37. The highest BCUT2D eigenvalue weighted by atomic mass is 16.5. The van der Waals surface area contributed by atoms with Crippen molar-refractivity contribution >= 4 is 22.4 Å². The van der Waals surface area contributed by atoms with E-state index in [2.05, 4.69) is 30.4 Å². The minimum atomic E-state index is -0.0726. The number of carbonyl (C=O) groups is 1. The van der Waals surface area contributed by atoms with Gasteiger partial charge in [0.15, 0.2) is 0 Å². The van der Waals surface area contributed by atoms with Gasteiger partial charge >= 0.3 is 0 Å². The average Bonchev–Trinajstić information content (AvgIpc) is 3.14. The van der Waals surface area contributed by atoms with Crippen molar-refractivity contribution in [3.05, 3.63) is 60.4 Å². The molecule has 2 aromatic carbocycles. The molecule has 4 nitrogen and oxygen atoms in total. The third-order valence-corrected chi connectivity index (χ3v) is 4.91. The maximum absolute atomic E-state index is 12.3. The molecule has 0 aliphatic carbocycles. The molecule has 0 saturated heterocycles. The summed E-state index contributed by atoms with van der Waals surface area (Å²) in [6.07, 6.45) is 6.69. The van der Waals surface area contributed by atoms with Crippen LogP contribution in [0.25, 0.3) is 27.7 Å². The van der Waals surface area contributed by atoms with Gasteiger partial charge in [0.25, 0.3) is 0 Å². The second-order valence-corrected chi connectivity index (χ2v) is 7.12. The van der Waals surface area contributed by atoms with Crippen LogP contribution in [0, 0.1) is 0 Å². The van der Waals surface area contributed by atoms with E-state index in [4.69, 9.17) is 9.15 Å². The second kappa shape index (κ2) is 9.97. The van der Waals surface area contributed by atoms with E-state index in [1.807, 2.05) is 38.1 Å². The summed E-state index contributed by atoms with van der Waals surface area (Å²) in [6, 6.07) is 14.1. The molecule has 1 amide bonds. The third-order valence-electron chi connectivity index (χ3n) is 4.91. The summed E-state index contributed by atoms with van der Waals surface area (Å²) in [5.41, 5.74) is 4.66. The molecule has 0 saturated carbocycles. The van der Waals surface area contributed by atoms with Crippen molar-refractivity contribution in [3.63, 3.8) is 0 Å². The molecular weight excluding hydrogens is 362 g/mol. The van der Waals surface area contributed by atoms with Gasteiger partial charge < -0.3 is 14.5 Å². The molecule has 0 aliphatic rings. The fourth-order valence-electron chi connectivity index (χ4n) is 3.39. The Balaban J connectivity index is 1.95. The van der Waals surface area contributed by atoms with Crippen LogP contribution < -0.4 is 10.1 Å². The van der Waals surface area contributed by atoms with Crippen molar-refractivity contribution in [2.24, 2.45) is 0 Å². The van der Waals surface area contributed by atoms with Gasteiger partial charge in [-0.05, 0) is 37.5 Å². The van der Waals surface area contributed by atoms with Gasteiger partial charge in [-0.1, -0.05) is 50.1 Å². The van der Waals surface area contributed by atoms with Crippen LogP contribution >= 0.6 is 0 Å². The molecule has 3 rings (SSSR count). The first-order chi connectivity index (χ1) is 14.1. The van der Waals surface area contributed by atoms with E-state index in [0.717, 1.165) is 58.2 Å². The van der Waals surface area contributed by atoms with Crippen LogP contribution in [0.2, 0.25) is 0 Å². The molecule has 29 heavy (non-hydrogen) atoms. The molecule has 1 N–H and O–H groups in total. The molecule has 3 aromatic rings. The number of hydrogen-bond acceptors (Lipinski definition) is 3. The zero-order valence-corrected chi connectivity index (χ0v) is 17.5. The maximum Gasteiger partial charge on any atom is 0.244 e. The number of ether oxygens (including phenoxy) is 1. The molecule has 0 atom stereocenters. The molecule has 1 heterocycles. The zero-order valence-electron chi connectivity index (χ0n) is 17.5. The highest BCUT2D eigenvalue weighted by Gasteiger charge is 2.15. The van der Waals surface area contributed by atoms with E-state index < -0.39 is 0 Å². The number of fused-ring (bicyclic) bond motifs is 1. The molecular formula is C25H29NO3. The van der Waals surface area contributed by atoms with Crippen LogP contribution in [0.1, 0.15) is 45.6 Å². The monoisotopic (exact) mass is 391 g/mol. The fraction of sp³-hybridized carbons (Fsp3) is 0.320. The Morgan fingerprint density at radius 3 is 2.66 bits per heavy atom. The summed E-state index contributed by atoms with van der Waals surface area (Å²) in [6.45, 7) is 7.29. The Labute approximate surface area is 172 Å². The lowest BCUT2D eigenvalue weighted by Crippen LogP contribution is -2.22. The lowest BCUT2D eigenvalue weighted by molar-refractivity contribution is -0.116. The largest absolute Gasteiger partial charge is 0.493 e. The molecule has 0 unspecified atom stereocenters. The van der Waals surface area contributed by atoms with E-state index in [1.54, 1.807) is 12.3 Å². The number of nitrogens with one attached hydrogen (secondary N) is 1. The number of carbonyl (C=O) groups excluding carboxylic acids is 1. The van der Waals surface area contributed by atoms with Gasteiger partial charge in [0.2, 0.25) is 5.91 Å². The summed E-state index contributed by atoms with van der Waals surface area (Å²) < 4.78 is 11.6. The Hall–Kier alpha value is -3.01. The first-order valence-corrected chi connectivity index (χ1v) is 10.3. The quantitative estimate of drug-likeness (QED) is 0.348. The second-order valence-electron chi connectivity index (χ2n) is 7.12. The standard InChI is InChI=1S/C25H29NO3/c1-4-6-10-13-26-25(27)14-18(3)20-15-21-22(19-11-8-7-9-12-19)17-29-24(21)16-23(20)28-5-2/h7-9,11-12,14-17H,4-6,10,13H2,1-3H3,(H,26,27)/b18-14+. The van der Waals surface area contributed by atoms with Crippen LogP contribution in [0.3, 0.4) is 0 Å². The van der Waals surface area contributed by atoms with Crippen molar-refractivity contribution in [2.45, 2.75) is 40.0 Å². The molecule has 0 spiro atoms. The maximum atomic E-state index is 12.3. The summed E-state index contributed by atoms with van der Waals surface area (Å²) in [7, 11) is 0.